The molecule has 2 aromatic carbocycles. The minimum absolute atomic E-state index is 0.00846. The van der Waals surface area contributed by atoms with Crippen LogP contribution in [0.15, 0.2) is 52.4 Å². The van der Waals surface area contributed by atoms with Gasteiger partial charge in [-0.3, -0.25) is 19.7 Å². The summed E-state index contributed by atoms with van der Waals surface area (Å²) in [6.45, 7) is 1.53. The van der Waals surface area contributed by atoms with Crippen molar-refractivity contribution in [2.45, 2.75) is 13.5 Å². The van der Waals surface area contributed by atoms with Crippen LogP contribution in [0.2, 0.25) is 5.02 Å². The molecule has 0 spiro atoms. The molecule has 1 aliphatic heterocycles. The number of halogens is 1. The lowest BCUT2D eigenvalue weighted by Gasteiger charge is -2.09. The maximum Gasteiger partial charge on any atom is 0.286 e. The van der Waals surface area contributed by atoms with Crippen LogP contribution in [0.3, 0.4) is 0 Å². The van der Waals surface area contributed by atoms with E-state index in [1.807, 2.05) is 0 Å². The molecule has 3 rings (SSSR count). The number of nitrogens with one attached hydrogen (secondary N) is 1. The zero-order valence-corrected chi connectivity index (χ0v) is 16.6. The number of thioether (sulfide) groups is 1. The highest BCUT2D eigenvalue weighted by atomic mass is 35.5. The average molecular weight is 432 g/mol. The third-order valence-electron chi connectivity index (χ3n) is 3.70. The quantitative estimate of drug-likeness (QED) is 0.436. The van der Waals surface area contributed by atoms with E-state index in [2.05, 4.69) is 10.3 Å². The van der Waals surface area contributed by atoms with E-state index in [-0.39, 0.29) is 23.4 Å². The first kappa shape index (κ1) is 20.6. The van der Waals surface area contributed by atoms with E-state index in [9.17, 15) is 19.7 Å². The Morgan fingerprint density at radius 2 is 2.03 bits per heavy atom. The van der Waals surface area contributed by atoms with Crippen molar-refractivity contribution in [3.63, 3.8) is 0 Å². The van der Waals surface area contributed by atoms with Gasteiger partial charge < -0.3 is 10.1 Å². The van der Waals surface area contributed by atoms with Crippen LogP contribution >= 0.6 is 23.4 Å². The normalized spacial score (nSPS) is 14.6. The highest BCUT2D eigenvalue weighted by molar-refractivity contribution is 8.18. The molecule has 1 N–H and O–H groups in total. The number of nitro benzene ring substituents is 1. The summed E-state index contributed by atoms with van der Waals surface area (Å²) in [7, 11) is 0. The third kappa shape index (κ3) is 5.43. The molecule has 29 heavy (non-hydrogen) atoms. The smallest absolute Gasteiger partial charge is 0.286 e. The Morgan fingerprint density at radius 1 is 1.31 bits per heavy atom. The summed E-state index contributed by atoms with van der Waals surface area (Å²) < 4.78 is 5.67. The summed E-state index contributed by atoms with van der Waals surface area (Å²) >= 11 is 7.33. The van der Waals surface area contributed by atoms with Crippen LogP contribution in [0.5, 0.6) is 5.75 Å². The van der Waals surface area contributed by atoms with Crippen LogP contribution in [0, 0.1) is 10.1 Å². The number of benzene rings is 2. The number of non-ortho nitro benzene ring substituents is 1. The monoisotopic (exact) mass is 431 g/mol. The minimum atomic E-state index is -0.466. The molecule has 10 heteroatoms. The fraction of sp³-hybridized carbons (Fsp3) is 0.105. The van der Waals surface area contributed by atoms with E-state index >= 15 is 0 Å². The van der Waals surface area contributed by atoms with Gasteiger partial charge in [0.05, 0.1) is 14.9 Å². The van der Waals surface area contributed by atoms with Gasteiger partial charge >= 0.3 is 0 Å². The number of carbonyl (C=O) groups is 2. The van der Waals surface area contributed by atoms with Gasteiger partial charge in [-0.2, -0.15) is 4.99 Å². The van der Waals surface area contributed by atoms with E-state index in [4.69, 9.17) is 16.3 Å². The molecule has 0 aromatic heterocycles. The molecule has 0 fully saturated rings. The molecule has 0 saturated carbocycles. The van der Waals surface area contributed by atoms with Crippen LogP contribution in [-0.2, 0) is 16.2 Å². The van der Waals surface area contributed by atoms with Gasteiger partial charge in [0.1, 0.15) is 12.4 Å². The highest BCUT2D eigenvalue weighted by Gasteiger charge is 2.22. The fourth-order valence-electron chi connectivity index (χ4n) is 2.36. The van der Waals surface area contributed by atoms with Crippen LogP contribution < -0.4 is 10.1 Å². The molecular formula is C19H14ClN3O5S. The average Bonchev–Trinajstić information content (AvgIpc) is 2.99. The number of nitro groups is 1. The van der Waals surface area contributed by atoms with Gasteiger partial charge in [-0.15, -0.1) is 0 Å². The maximum absolute atomic E-state index is 11.9. The van der Waals surface area contributed by atoms with Gasteiger partial charge in [-0.1, -0.05) is 17.7 Å². The number of hydrogen-bond donors (Lipinski definition) is 1. The van der Waals surface area contributed by atoms with Crippen molar-refractivity contribution in [1.82, 2.24) is 5.32 Å². The Hall–Kier alpha value is -3.17. The first-order valence-corrected chi connectivity index (χ1v) is 9.47. The van der Waals surface area contributed by atoms with Crippen molar-refractivity contribution in [3.05, 3.63) is 73.6 Å². The van der Waals surface area contributed by atoms with Crippen molar-refractivity contribution in [3.8, 4) is 5.75 Å². The van der Waals surface area contributed by atoms with E-state index in [1.165, 1.54) is 19.1 Å². The van der Waals surface area contributed by atoms with Crippen molar-refractivity contribution in [1.29, 1.82) is 0 Å². The van der Waals surface area contributed by atoms with Gasteiger partial charge in [-0.25, -0.2) is 0 Å². The van der Waals surface area contributed by atoms with Gasteiger partial charge in [0.25, 0.3) is 11.6 Å². The van der Waals surface area contributed by atoms with E-state index in [1.54, 1.807) is 36.4 Å². The molecule has 1 aliphatic rings. The summed E-state index contributed by atoms with van der Waals surface area (Å²) in [5, 5.41) is 13.7. The molecule has 0 saturated heterocycles. The predicted octanol–water partition coefficient (Wildman–Crippen LogP) is 3.93. The topological polar surface area (TPSA) is 111 Å². The summed E-state index contributed by atoms with van der Waals surface area (Å²) in [6, 6.07) is 11.1. The van der Waals surface area contributed by atoms with Gasteiger partial charge in [0.2, 0.25) is 5.91 Å². The summed E-state index contributed by atoms with van der Waals surface area (Å²) in [4.78, 5) is 37.3. The number of hydrogen-bond acceptors (Lipinski definition) is 6. The first-order valence-electron chi connectivity index (χ1n) is 8.27. The molecule has 0 aliphatic carbocycles. The Balaban J connectivity index is 1.65. The molecule has 148 valence electrons. The van der Waals surface area contributed by atoms with Crippen molar-refractivity contribution in [2.75, 3.05) is 0 Å². The molecule has 2 aromatic rings. The second kappa shape index (κ2) is 8.89. The Bertz CT molecular complexity index is 1050. The Morgan fingerprint density at radius 3 is 2.66 bits per heavy atom. The third-order valence-corrected chi connectivity index (χ3v) is 4.89. The lowest BCUT2D eigenvalue weighted by Crippen LogP contribution is -2.23. The van der Waals surface area contributed by atoms with Crippen molar-refractivity contribution in [2.24, 2.45) is 4.99 Å². The number of rotatable bonds is 5. The lowest BCUT2D eigenvalue weighted by molar-refractivity contribution is -0.384. The van der Waals surface area contributed by atoms with Gasteiger partial charge in [0, 0.05) is 19.1 Å². The summed E-state index contributed by atoms with van der Waals surface area (Å²) in [6.07, 6.45) is 1.62. The largest absolute Gasteiger partial charge is 0.487 e. The highest BCUT2D eigenvalue weighted by Crippen LogP contribution is 2.31. The number of aliphatic imine (C=N–C) groups is 1. The summed E-state index contributed by atoms with van der Waals surface area (Å²) in [5.74, 6) is -0.302. The Labute approximate surface area is 174 Å². The number of ether oxygens (including phenoxy) is 1. The van der Waals surface area contributed by atoms with E-state index < -0.39 is 10.8 Å². The predicted molar refractivity (Wildman–Crippen MR) is 111 cm³/mol. The molecule has 0 bridgehead atoms. The number of nitrogens with zero attached hydrogens (tertiary/aromatic N) is 2. The second-order valence-electron chi connectivity index (χ2n) is 5.92. The van der Waals surface area contributed by atoms with Crippen LogP contribution in [0.4, 0.5) is 5.69 Å². The number of amides is 2. The number of carbonyl (C=O) groups excluding carboxylic acids is 2. The van der Waals surface area contributed by atoms with E-state index in [0.29, 0.717) is 21.2 Å². The zero-order chi connectivity index (χ0) is 21.0. The molecule has 8 nitrogen and oxygen atoms in total. The SMILES string of the molecule is CC(=O)NC1=NC(=O)/C(=C\c2ccc(OCc3ccc([N+](=O)[O-])cc3)c(Cl)c2)S1. The molecule has 0 unspecified atom stereocenters. The van der Waals surface area contributed by atoms with Crippen LogP contribution in [-0.4, -0.2) is 21.9 Å². The molecule has 0 atom stereocenters. The zero-order valence-electron chi connectivity index (χ0n) is 15.0. The van der Waals surface area contributed by atoms with E-state index in [0.717, 1.165) is 17.3 Å². The molecular weight excluding hydrogens is 418 g/mol. The van der Waals surface area contributed by atoms with Crippen molar-refractivity contribution >= 4 is 52.1 Å². The lowest BCUT2D eigenvalue weighted by atomic mass is 10.2. The number of amidine groups is 1. The fourth-order valence-corrected chi connectivity index (χ4v) is 3.47. The molecule has 0 radical (unpaired) electrons. The van der Waals surface area contributed by atoms with Gasteiger partial charge in [-0.05, 0) is 53.2 Å². The van der Waals surface area contributed by atoms with Crippen molar-refractivity contribution < 1.29 is 19.2 Å². The standard InChI is InChI=1S/C19H14ClN3O5S/c1-11(24)21-19-22-18(25)17(29-19)9-13-4-7-16(15(20)8-13)28-10-12-2-5-14(6-3-12)23(26)27/h2-9H,10H2,1H3,(H,21,22,24,25)/b17-9+. The minimum Gasteiger partial charge on any atom is -0.487 e. The van der Waals surface area contributed by atoms with Crippen LogP contribution in [0.25, 0.3) is 6.08 Å². The van der Waals surface area contributed by atoms with Crippen LogP contribution in [0.1, 0.15) is 18.1 Å². The Kier molecular flexibility index (Phi) is 6.30. The van der Waals surface area contributed by atoms with Gasteiger partial charge in [0.15, 0.2) is 5.17 Å². The molecule has 1 heterocycles. The first-order chi connectivity index (χ1) is 13.8. The second-order valence-corrected chi connectivity index (χ2v) is 7.35. The maximum atomic E-state index is 11.9. The summed E-state index contributed by atoms with van der Waals surface area (Å²) in [5.41, 5.74) is 1.44. The molecule has 2 amide bonds.